The number of rotatable bonds is 3. The van der Waals surface area contributed by atoms with Crippen LogP contribution in [0.1, 0.15) is 5.56 Å². The molecule has 0 saturated carbocycles. The zero-order chi connectivity index (χ0) is 14.0. The molecule has 0 spiro atoms. The molecular weight excluding hydrogens is 275 g/mol. The third kappa shape index (κ3) is 2.91. The van der Waals surface area contributed by atoms with E-state index in [2.05, 4.69) is 0 Å². The molecule has 0 aliphatic heterocycles. The van der Waals surface area contributed by atoms with Crippen LogP contribution in [0.25, 0.3) is 11.1 Å². The maximum absolute atomic E-state index is 13.5. The highest BCUT2D eigenvalue weighted by Gasteiger charge is 2.31. The highest BCUT2D eigenvalue weighted by Crippen LogP contribution is 2.35. The summed E-state index contributed by atoms with van der Waals surface area (Å²) < 4.78 is 39.8. The molecule has 0 unspecified atom stereocenters. The van der Waals surface area contributed by atoms with Crippen LogP contribution in [0.15, 0.2) is 42.5 Å². The first kappa shape index (κ1) is 13.9. The smallest absolute Gasteiger partial charge is 0.286 e. The molecule has 2 N–H and O–H groups in total. The second-order valence-electron chi connectivity index (χ2n) is 4.11. The van der Waals surface area contributed by atoms with Crippen molar-refractivity contribution < 1.29 is 13.2 Å². The minimum absolute atomic E-state index is 0.0581. The van der Waals surface area contributed by atoms with Crippen molar-refractivity contribution in [3.8, 4) is 11.1 Å². The van der Waals surface area contributed by atoms with Crippen LogP contribution in [-0.2, 0) is 5.92 Å². The second kappa shape index (κ2) is 5.23. The molecule has 0 aromatic heterocycles. The SMILES string of the molecule is NCC(F)(F)c1ccc(-c2ccc(F)cc2)cc1Cl. The Balaban J connectivity index is 2.41. The minimum Gasteiger partial charge on any atom is -0.325 e. The van der Waals surface area contributed by atoms with Gasteiger partial charge < -0.3 is 5.73 Å². The van der Waals surface area contributed by atoms with Gasteiger partial charge in [-0.3, -0.25) is 0 Å². The predicted octanol–water partition coefficient (Wildman–Crippen LogP) is 4.20. The number of alkyl halides is 2. The van der Waals surface area contributed by atoms with Crippen LogP contribution in [0.3, 0.4) is 0 Å². The summed E-state index contributed by atoms with van der Waals surface area (Å²) in [6.07, 6.45) is 0. The van der Waals surface area contributed by atoms with Gasteiger partial charge in [0.2, 0.25) is 0 Å². The molecule has 1 nitrogen and oxygen atoms in total. The summed E-state index contributed by atoms with van der Waals surface area (Å²) in [4.78, 5) is 0. The predicted molar refractivity (Wildman–Crippen MR) is 69.8 cm³/mol. The average molecular weight is 286 g/mol. The third-order valence-electron chi connectivity index (χ3n) is 2.80. The fraction of sp³-hybridized carbons (Fsp3) is 0.143. The molecule has 19 heavy (non-hydrogen) atoms. The molecule has 0 heterocycles. The zero-order valence-electron chi connectivity index (χ0n) is 9.84. The maximum atomic E-state index is 13.5. The van der Waals surface area contributed by atoms with E-state index in [0.717, 1.165) is 0 Å². The number of benzene rings is 2. The van der Waals surface area contributed by atoms with Crippen LogP contribution < -0.4 is 5.73 Å². The first-order valence-corrected chi connectivity index (χ1v) is 5.96. The van der Waals surface area contributed by atoms with Crippen molar-refractivity contribution in [2.24, 2.45) is 5.73 Å². The van der Waals surface area contributed by atoms with Crippen molar-refractivity contribution in [3.05, 3.63) is 58.9 Å². The molecule has 0 amide bonds. The normalized spacial score (nSPS) is 11.6. The van der Waals surface area contributed by atoms with E-state index < -0.39 is 12.5 Å². The number of hydrogen-bond donors (Lipinski definition) is 1. The molecule has 0 atom stereocenters. The first-order chi connectivity index (χ1) is 8.94. The van der Waals surface area contributed by atoms with E-state index in [0.29, 0.717) is 11.1 Å². The molecule has 0 bridgehead atoms. The van der Waals surface area contributed by atoms with Crippen LogP contribution in [0, 0.1) is 5.82 Å². The summed E-state index contributed by atoms with van der Waals surface area (Å²) in [6, 6.07) is 9.89. The van der Waals surface area contributed by atoms with E-state index in [1.807, 2.05) is 0 Å². The maximum Gasteiger partial charge on any atom is 0.286 e. The van der Waals surface area contributed by atoms with Crippen LogP contribution in [0.2, 0.25) is 5.02 Å². The molecule has 5 heteroatoms. The van der Waals surface area contributed by atoms with Crippen molar-refractivity contribution in [2.75, 3.05) is 6.54 Å². The highest BCUT2D eigenvalue weighted by molar-refractivity contribution is 6.31. The lowest BCUT2D eigenvalue weighted by Gasteiger charge is -2.16. The lowest BCUT2D eigenvalue weighted by molar-refractivity contribution is 0.00608. The van der Waals surface area contributed by atoms with Crippen molar-refractivity contribution in [1.82, 2.24) is 0 Å². The topological polar surface area (TPSA) is 26.0 Å². The van der Waals surface area contributed by atoms with Crippen LogP contribution in [0.5, 0.6) is 0 Å². The van der Waals surface area contributed by atoms with E-state index in [-0.39, 0.29) is 16.4 Å². The standard InChI is InChI=1S/C14H11ClF3N/c15-13-7-10(9-1-4-11(16)5-2-9)3-6-12(13)14(17,18)8-19/h1-7H,8,19H2. The quantitative estimate of drug-likeness (QED) is 0.899. The Bertz CT molecular complexity index is 582. The van der Waals surface area contributed by atoms with E-state index >= 15 is 0 Å². The zero-order valence-corrected chi connectivity index (χ0v) is 10.6. The Morgan fingerprint density at radius 2 is 1.58 bits per heavy atom. The van der Waals surface area contributed by atoms with E-state index in [9.17, 15) is 13.2 Å². The van der Waals surface area contributed by atoms with Crippen LogP contribution in [0.4, 0.5) is 13.2 Å². The number of nitrogens with two attached hydrogens (primary N) is 1. The van der Waals surface area contributed by atoms with Crippen molar-refractivity contribution >= 4 is 11.6 Å². The van der Waals surface area contributed by atoms with Crippen molar-refractivity contribution in [1.29, 1.82) is 0 Å². The van der Waals surface area contributed by atoms with Gasteiger partial charge in [0.1, 0.15) is 5.82 Å². The molecule has 100 valence electrons. The van der Waals surface area contributed by atoms with Gasteiger partial charge in [0.15, 0.2) is 0 Å². The molecule has 0 fully saturated rings. The molecule has 0 aliphatic carbocycles. The summed E-state index contributed by atoms with van der Waals surface area (Å²) in [5, 5.41) is -0.0581. The molecule has 2 aromatic rings. The molecule has 2 aromatic carbocycles. The molecular formula is C14H11ClF3N. The highest BCUT2D eigenvalue weighted by atomic mass is 35.5. The first-order valence-electron chi connectivity index (χ1n) is 5.58. The average Bonchev–Trinajstić information content (AvgIpc) is 2.39. The number of halogens is 4. The fourth-order valence-corrected chi connectivity index (χ4v) is 2.06. The largest absolute Gasteiger partial charge is 0.325 e. The van der Waals surface area contributed by atoms with Crippen LogP contribution >= 0.6 is 11.6 Å². The Hall–Kier alpha value is -1.52. The lowest BCUT2D eigenvalue weighted by Crippen LogP contribution is -2.25. The summed E-state index contributed by atoms with van der Waals surface area (Å²) in [5.74, 6) is -3.51. The Morgan fingerprint density at radius 1 is 1.00 bits per heavy atom. The van der Waals surface area contributed by atoms with Crippen LogP contribution in [-0.4, -0.2) is 6.54 Å². The summed E-state index contributed by atoms with van der Waals surface area (Å²) in [7, 11) is 0. The minimum atomic E-state index is -3.15. The molecule has 0 radical (unpaired) electrons. The third-order valence-corrected chi connectivity index (χ3v) is 3.11. The summed E-state index contributed by atoms with van der Waals surface area (Å²) >= 11 is 5.86. The summed E-state index contributed by atoms with van der Waals surface area (Å²) in [6.45, 7) is -0.803. The van der Waals surface area contributed by atoms with Crippen molar-refractivity contribution in [3.63, 3.8) is 0 Å². The van der Waals surface area contributed by atoms with Gasteiger partial charge in [0.25, 0.3) is 5.92 Å². The van der Waals surface area contributed by atoms with Gasteiger partial charge in [-0.05, 0) is 29.3 Å². The fourth-order valence-electron chi connectivity index (χ4n) is 1.74. The lowest BCUT2D eigenvalue weighted by atomic mass is 10.0. The Morgan fingerprint density at radius 3 is 2.11 bits per heavy atom. The van der Waals surface area contributed by atoms with E-state index in [1.165, 1.54) is 30.3 Å². The Labute approximate surface area is 113 Å². The van der Waals surface area contributed by atoms with Gasteiger partial charge in [-0.2, -0.15) is 8.78 Å². The van der Waals surface area contributed by atoms with E-state index in [1.54, 1.807) is 12.1 Å². The van der Waals surface area contributed by atoms with Gasteiger partial charge in [-0.25, -0.2) is 4.39 Å². The van der Waals surface area contributed by atoms with Gasteiger partial charge in [-0.1, -0.05) is 35.9 Å². The summed E-state index contributed by atoms with van der Waals surface area (Å²) in [5.41, 5.74) is 6.06. The van der Waals surface area contributed by atoms with Gasteiger partial charge in [-0.15, -0.1) is 0 Å². The monoisotopic (exact) mass is 285 g/mol. The van der Waals surface area contributed by atoms with Gasteiger partial charge in [0.05, 0.1) is 11.6 Å². The van der Waals surface area contributed by atoms with E-state index in [4.69, 9.17) is 17.3 Å². The second-order valence-corrected chi connectivity index (χ2v) is 4.52. The van der Waals surface area contributed by atoms with Gasteiger partial charge in [0, 0.05) is 5.56 Å². The van der Waals surface area contributed by atoms with Gasteiger partial charge >= 0.3 is 0 Å². The van der Waals surface area contributed by atoms with Crippen molar-refractivity contribution in [2.45, 2.75) is 5.92 Å². The number of hydrogen-bond acceptors (Lipinski definition) is 1. The molecule has 2 rings (SSSR count). The molecule has 0 aliphatic rings. The Kier molecular flexibility index (Phi) is 3.83. The molecule has 0 saturated heterocycles.